The number of fused-ring (bicyclic) bond motifs is 1. The van der Waals surface area contributed by atoms with Crippen molar-refractivity contribution >= 4 is 28.8 Å². The molecule has 0 atom stereocenters. The summed E-state index contributed by atoms with van der Waals surface area (Å²) < 4.78 is 10.6. The number of para-hydroxylation sites is 2. The Morgan fingerprint density at radius 2 is 1.89 bits per heavy atom. The van der Waals surface area contributed by atoms with Crippen molar-refractivity contribution in [3.05, 3.63) is 60.7 Å². The van der Waals surface area contributed by atoms with Gasteiger partial charge < -0.3 is 19.8 Å². The molecule has 3 aromatic rings. The summed E-state index contributed by atoms with van der Waals surface area (Å²) in [6.45, 7) is 5.32. The zero-order valence-corrected chi connectivity index (χ0v) is 14.8. The van der Waals surface area contributed by atoms with Crippen LogP contribution in [0.25, 0.3) is 22.6 Å². The minimum Gasteiger partial charge on any atom is -0.460 e. The molecule has 0 bridgehead atoms. The van der Waals surface area contributed by atoms with Gasteiger partial charge in [-0.15, -0.1) is 0 Å². The van der Waals surface area contributed by atoms with E-state index in [1.165, 1.54) is 0 Å². The second kappa shape index (κ2) is 8.18. The third kappa shape index (κ3) is 4.72. The summed E-state index contributed by atoms with van der Waals surface area (Å²) in [4.78, 5) is 27.5. The van der Waals surface area contributed by atoms with Crippen molar-refractivity contribution in [3.8, 4) is 11.5 Å². The van der Waals surface area contributed by atoms with Crippen LogP contribution < -0.4 is 10.6 Å². The van der Waals surface area contributed by atoms with Crippen LogP contribution in [0.3, 0.4) is 0 Å². The normalized spacial score (nSPS) is 10.4. The van der Waals surface area contributed by atoms with E-state index in [1.54, 1.807) is 19.1 Å². The van der Waals surface area contributed by atoms with Crippen molar-refractivity contribution in [2.45, 2.75) is 6.92 Å². The molecule has 2 aromatic carbocycles. The quantitative estimate of drug-likeness (QED) is 0.394. The molecule has 0 fully saturated rings. The summed E-state index contributed by atoms with van der Waals surface area (Å²) in [6, 6.07) is 14.3. The first-order valence-corrected chi connectivity index (χ1v) is 8.36. The summed E-state index contributed by atoms with van der Waals surface area (Å²) in [6.07, 6.45) is 0. The van der Waals surface area contributed by atoms with E-state index in [2.05, 4.69) is 22.2 Å². The number of nitrogens with zero attached hydrogens (tertiary/aromatic N) is 1. The Labute approximate surface area is 156 Å². The summed E-state index contributed by atoms with van der Waals surface area (Å²) in [5.74, 6) is 0.0403. The van der Waals surface area contributed by atoms with Crippen LogP contribution in [-0.2, 0) is 9.53 Å². The number of benzene rings is 2. The van der Waals surface area contributed by atoms with Crippen molar-refractivity contribution in [3.63, 3.8) is 0 Å². The molecule has 1 heterocycles. The van der Waals surface area contributed by atoms with Gasteiger partial charge >= 0.3 is 12.0 Å². The third-order valence-corrected chi connectivity index (χ3v) is 3.65. The maximum Gasteiger partial charge on any atom is 0.333 e. The number of amides is 2. The topological polar surface area (TPSA) is 93.5 Å². The number of anilines is 1. The Kier molecular flexibility index (Phi) is 5.51. The van der Waals surface area contributed by atoms with Crippen molar-refractivity contribution in [1.82, 2.24) is 10.3 Å². The Bertz CT molecular complexity index is 943. The molecule has 0 unspecified atom stereocenters. The third-order valence-electron chi connectivity index (χ3n) is 3.65. The molecule has 27 heavy (non-hydrogen) atoms. The average Bonchev–Trinajstić information content (AvgIpc) is 3.09. The summed E-state index contributed by atoms with van der Waals surface area (Å²) >= 11 is 0. The number of aromatic nitrogens is 1. The highest BCUT2D eigenvalue weighted by Gasteiger charge is 2.08. The van der Waals surface area contributed by atoms with Gasteiger partial charge in [-0.3, -0.25) is 0 Å². The fourth-order valence-corrected chi connectivity index (χ4v) is 2.30. The van der Waals surface area contributed by atoms with E-state index in [1.807, 2.05) is 36.4 Å². The number of hydrogen-bond acceptors (Lipinski definition) is 5. The number of rotatable bonds is 6. The number of ether oxygens (including phenoxy) is 1. The summed E-state index contributed by atoms with van der Waals surface area (Å²) in [5.41, 5.74) is 3.26. The molecule has 7 nitrogen and oxygen atoms in total. The van der Waals surface area contributed by atoms with Crippen LogP contribution in [0.1, 0.15) is 6.92 Å². The van der Waals surface area contributed by atoms with Crippen LogP contribution in [0.5, 0.6) is 0 Å². The molecular weight excluding hydrogens is 346 g/mol. The molecule has 0 spiro atoms. The second-order valence-corrected chi connectivity index (χ2v) is 5.86. The predicted molar refractivity (Wildman–Crippen MR) is 102 cm³/mol. The SMILES string of the molecule is C=C(C)C(=O)OCCNC(=O)Nc1ccc(-c2nc3ccccc3o2)cc1. The molecule has 7 heteroatoms. The van der Waals surface area contributed by atoms with Crippen LogP contribution in [0.4, 0.5) is 10.5 Å². The fourth-order valence-electron chi connectivity index (χ4n) is 2.30. The first-order valence-electron chi connectivity index (χ1n) is 8.36. The molecule has 0 saturated carbocycles. The van der Waals surface area contributed by atoms with Gasteiger partial charge in [0.1, 0.15) is 12.1 Å². The molecule has 0 radical (unpaired) electrons. The molecule has 138 valence electrons. The lowest BCUT2D eigenvalue weighted by atomic mass is 10.2. The number of oxazole rings is 1. The van der Waals surface area contributed by atoms with E-state index in [9.17, 15) is 9.59 Å². The van der Waals surface area contributed by atoms with E-state index in [0.717, 1.165) is 16.7 Å². The van der Waals surface area contributed by atoms with Gasteiger partial charge in [-0.25, -0.2) is 14.6 Å². The average molecular weight is 365 g/mol. The fraction of sp³-hybridized carbons (Fsp3) is 0.150. The van der Waals surface area contributed by atoms with Crippen LogP contribution in [0.15, 0.2) is 65.1 Å². The van der Waals surface area contributed by atoms with Gasteiger partial charge in [0.2, 0.25) is 5.89 Å². The lowest BCUT2D eigenvalue weighted by Gasteiger charge is -2.08. The van der Waals surface area contributed by atoms with Gasteiger partial charge in [0.05, 0.1) is 6.54 Å². The first kappa shape index (κ1) is 18.2. The highest BCUT2D eigenvalue weighted by atomic mass is 16.5. The van der Waals surface area contributed by atoms with Crippen molar-refractivity contribution in [1.29, 1.82) is 0 Å². The highest BCUT2D eigenvalue weighted by Crippen LogP contribution is 2.25. The number of carbonyl (C=O) groups excluding carboxylic acids is 2. The van der Waals surface area contributed by atoms with E-state index in [-0.39, 0.29) is 13.2 Å². The predicted octanol–water partition coefficient (Wildman–Crippen LogP) is 3.74. The van der Waals surface area contributed by atoms with Gasteiger partial charge in [0.15, 0.2) is 5.58 Å². The maximum absolute atomic E-state index is 11.9. The molecule has 0 aliphatic rings. The van der Waals surface area contributed by atoms with Gasteiger partial charge in [-0.1, -0.05) is 18.7 Å². The largest absolute Gasteiger partial charge is 0.460 e. The minimum absolute atomic E-state index is 0.0791. The minimum atomic E-state index is -0.480. The number of esters is 1. The van der Waals surface area contributed by atoms with Crippen LogP contribution in [0.2, 0.25) is 0 Å². The van der Waals surface area contributed by atoms with Gasteiger partial charge in [-0.2, -0.15) is 0 Å². The summed E-state index contributed by atoms with van der Waals surface area (Å²) in [7, 11) is 0. The van der Waals surface area contributed by atoms with Gasteiger partial charge in [0, 0.05) is 16.8 Å². The van der Waals surface area contributed by atoms with Crippen molar-refractivity contribution in [2.75, 3.05) is 18.5 Å². The zero-order valence-electron chi connectivity index (χ0n) is 14.8. The second-order valence-electron chi connectivity index (χ2n) is 5.86. The standard InChI is InChI=1S/C20H19N3O4/c1-13(2)19(24)26-12-11-21-20(25)22-15-9-7-14(8-10-15)18-23-16-5-3-4-6-17(16)27-18/h3-10H,1,11-12H2,2H3,(H2,21,22,25). The lowest BCUT2D eigenvalue weighted by Crippen LogP contribution is -2.32. The van der Waals surface area contributed by atoms with E-state index < -0.39 is 12.0 Å². The number of nitrogens with one attached hydrogen (secondary N) is 2. The summed E-state index contributed by atoms with van der Waals surface area (Å²) in [5, 5.41) is 5.30. The van der Waals surface area contributed by atoms with Crippen LogP contribution in [-0.4, -0.2) is 30.1 Å². The zero-order chi connectivity index (χ0) is 19.2. The lowest BCUT2D eigenvalue weighted by molar-refractivity contribution is -0.138. The Morgan fingerprint density at radius 1 is 1.15 bits per heavy atom. The Hall–Kier alpha value is -3.61. The first-order chi connectivity index (χ1) is 13.0. The van der Waals surface area contributed by atoms with Crippen molar-refractivity contribution < 1.29 is 18.7 Å². The van der Waals surface area contributed by atoms with Crippen molar-refractivity contribution in [2.24, 2.45) is 0 Å². The van der Waals surface area contributed by atoms with Gasteiger partial charge in [0.25, 0.3) is 0 Å². The molecule has 0 saturated heterocycles. The number of carbonyl (C=O) groups is 2. The molecule has 1 aromatic heterocycles. The number of urea groups is 1. The Morgan fingerprint density at radius 3 is 2.59 bits per heavy atom. The molecule has 0 aliphatic carbocycles. The van der Waals surface area contributed by atoms with Crippen LogP contribution >= 0.6 is 0 Å². The molecular formula is C20H19N3O4. The van der Waals surface area contributed by atoms with E-state index in [4.69, 9.17) is 9.15 Å². The molecule has 3 rings (SSSR count). The monoisotopic (exact) mass is 365 g/mol. The molecule has 0 aliphatic heterocycles. The Balaban J connectivity index is 1.52. The highest BCUT2D eigenvalue weighted by molar-refractivity contribution is 5.89. The molecule has 2 amide bonds. The number of hydrogen-bond donors (Lipinski definition) is 2. The molecule has 2 N–H and O–H groups in total. The van der Waals surface area contributed by atoms with E-state index >= 15 is 0 Å². The van der Waals surface area contributed by atoms with Crippen LogP contribution in [0, 0.1) is 0 Å². The smallest absolute Gasteiger partial charge is 0.333 e. The van der Waals surface area contributed by atoms with E-state index in [0.29, 0.717) is 17.2 Å². The van der Waals surface area contributed by atoms with Gasteiger partial charge in [-0.05, 0) is 43.3 Å². The maximum atomic E-state index is 11.9.